The molecule has 2 heterocycles. The van der Waals surface area contributed by atoms with E-state index in [4.69, 9.17) is 10.5 Å². The highest BCUT2D eigenvalue weighted by molar-refractivity contribution is 5.96. The number of nitrogens with one attached hydrogen (secondary N) is 1. The molecule has 0 unspecified atom stereocenters. The number of ether oxygens (including phenoxy) is 1. The Kier molecular flexibility index (Phi) is 3.62. The van der Waals surface area contributed by atoms with Gasteiger partial charge in [-0.05, 0) is 37.1 Å². The molecule has 1 fully saturated rings. The number of pyridine rings is 1. The van der Waals surface area contributed by atoms with E-state index in [-0.39, 0.29) is 12.0 Å². The number of nitrogens with zero attached hydrogens (tertiary/aromatic N) is 1. The summed E-state index contributed by atoms with van der Waals surface area (Å²) in [7, 11) is 0. The molecule has 2 aromatic rings. The molecule has 5 nitrogen and oxygen atoms in total. The van der Waals surface area contributed by atoms with E-state index in [0.29, 0.717) is 6.54 Å². The highest BCUT2D eigenvalue weighted by atomic mass is 16.5. The number of benzene rings is 1. The fourth-order valence-corrected chi connectivity index (χ4v) is 2.45. The molecule has 1 amide bonds. The van der Waals surface area contributed by atoms with Gasteiger partial charge in [0.05, 0.1) is 11.6 Å². The summed E-state index contributed by atoms with van der Waals surface area (Å²) in [5, 5.41) is 3.89. The summed E-state index contributed by atoms with van der Waals surface area (Å²) in [4.78, 5) is 16.4. The SMILES string of the molecule is NC[C@H]1CC[C@@H](C(=O)Nc2ccc3ncccc3c2)O1. The topological polar surface area (TPSA) is 77.2 Å². The van der Waals surface area contributed by atoms with Gasteiger partial charge >= 0.3 is 0 Å². The van der Waals surface area contributed by atoms with Gasteiger partial charge in [-0.2, -0.15) is 0 Å². The van der Waals surface area contributed by atoms with Crippen LogP contribution in [0.15, 0.2) is 36.5 Å². The van der Waals surface area contributed by atoms with Crippen molar-refractivity contribution in [1.82, 2.24) is 4.98 Å². The molecule has 0 spiro atoms. The third-order valence-corrected chi connectivity index (χ3v) is 3.53. The van der Waals surface area contributed by atoms with Crippen molar-refractivity contribution >= 4 is 22.5 Å². The Balaban J connectivity index is 1.71. The number of rotatable bonds is 3. The maximum Gasteiger partial charge on any atom is 0.253 e. The summed E-state index contributed by atoms with van der Waals surface area (Å²) in [6.07, 6.45) is 2.93. The van der Waals surface area contributed by atoms with Crippen molar-refractivity contribution in [3.8, 4) is 0 Å². The Morgan fingerprint density at radius 2 is 2.30 bits per heavy atom. The number of carbonyl (C=O) groups excluding carboxylic acids is 1. The van der Waals surface area contributed by atoms with Crippen molar-refractivity contribution in [2.75, 3.05) is 11.9 Å². The molecule has 0 bridgehead atoms. The molecule has 20 heavy (non-hydrogen) atoms. The molecule has 0 radical (unpaired) electrons. The minimum absolute atomic E-state index is 0.00607. The van der Waals surface area contributed by atoms with Crippen LogP contribution in [0.5, 0.6) is 0 Å². The van der Waals surface area contributed by atoms with Crippen LogP contribution in [0.2, 0.25) is 0 Å². The van der Waals surface area contributed by atoms with Crippen LogP contribution in [0.4, 0.5) is 5.69 Å². The highest BCUT2D eigenvalue weighted by Crippen LogP contribution is 2.22. The molecular formula is C15H17N3O2. The van der Waals surface area contributed by atoms with Crippen LogP contribution < -0.4 is 11.1 Å². The summed E-state index contributed by atoms with van der Waals surface area (Å²) in [5.41, 5.74) is 7.22. The van der Waals surface area contributed by atoms with Crippen LogP contribution in [0.1, 0.15) is 12.8 Å². The third kappa shape index (κ3) is 2.64. The molecule has 0 saturated carbocycles. The minimum Gasteiger partial charge on any atom is -0.364 e. The number of aromatic nitrogens is 1. The standard InChI is InChI=1S/C15H17N3O2/c16-9-12-4-6-14(20-12)15(19)18-11-3-5-13-10(8-11)2-1-7-17-13/h1-3,5,7-8,12,14H,4,6,9,16H2,(H,18,19)/t12-,14+/m1/s1. The second kappa shape index (κ2) is 5.56. The second-order valence-corrected chi connectivity index (χ2v) is 4.96. The average molecular weight is 271 g/mol. The van der Waals surface area contributed by atoms with Crippen molar-refractivity contribution in [3.05, 3.63) is 36.5 Å². The molecule has 2 atom stereocenters. The predicted molar refractivity (Wildman–Crippen MR) is 77.3 cm³/mol. The Morgan fingerprint density at radius 3 is 3.10 bits per heavy atom. The number of nitrogens with two attached hydrogens (primary N) is 1. The summed E-state index contributed by atoms with van der Waals surface area (Å²) < 4.78 is 5.58. The normalized spacial score (nSPS) is 22.1. The van der Waals surface area contributed by atoms with Crippen molar-refractivity contribution in [2.45, 2.75) is 25.0 Å². The van der Waals surface area contributed by atoms with Crippen LogP contribution in [0, 0.1) is 0 Å². The van der Waals surface area contributed by atoms with Gasteiger partial charge in [0.25, 0.3) is 5.91 Å². The number of carbonyl (C=O) groups is 1. The van der Waals surface area contributed by atoms with Gasteiger partial charge in [0.2, 0.25) is 0 Å². The molecule has 5 heteroatoms. The van der Waals surface area contributed by atoms with Gasteiger partial charge in [0.1, 0.15) is 6.10 Å². The van der Waals surface area contributed by atoms with Gasteiger partial charge in [-0.1, -0.05) is 6.07 Å². The smallest absolute Gasteiger partial charge is 0.253 e. The fourth-order valence-electron chi connectivity index (χ4n) is 2.45. The summed E-state index contributed by atoms with van der Waals surface area (Å²) >= 11 is 0. The average Bonchev–Trinajstić information content (AvgIpc) is 2.96. The zero-order valence-electron chi connectivity index (χ0n) is 11.1. The molecule has 1 saturated heterocycles. The first kappa shape index (κ1) is 13.0. The molecular weight excluding hydrogens is 254 g/mol. The van der Waals surface area contributed by atoms with Crippen LogP contribution in [-0.4, -0.2) is 29.6 Å². The van der Waals surface area contributed by atoms with Gasteiger partial charge < -0.3 is 15.8 Å². The molecule has 3 rings (SSSR count). The number of hydrogen-bond donors (Lipinski definition) is 2. The largest absolute Gasteiger partial charge is 0.364 e. The van der Waals surface area contributed by atoms with Crippen molar-refractivity contribution in [2.24, 2.45) is 5.73 Å². The van der Waals surface area contributed by atoms with Crippen molar-refractivity contribution in [3.63, 3.8) is 0 Å². The third-order valence-electron chi connectivity index (χ3n) is 3.53. The molecule has 104 valence electrons. The first-order valence-corrected chi connectivity index (χ1v) is 6.77. The highest BCUT2D eigenvalue weighted by Gasteiger charge is 2.29. The first-order chi connectivity index (χ1) is 9.76. The zero-order valence-corrected chi connectivity index (χ0v) is 11.1. The lowest BCUT2D eigenvalue weighted by molar-refractivity contribution is -0.126. The lowest BCUT2D eigenvalue weighted by Crippen LogP contribution is -2.29. The maximum atomic E-state index is 12.1. The molecule has 1 aromatic carbocycles. The number of hydrogen-bond acceptors (Lipinski definition) is 4. The molecule has 3 N–H and O–H groups in total. The summed E-state index contributed by atoms with van der Waals surface area (Å²) in [5.74, 6) is -0.107. The van der Waals surface area contributed by atoms with Crippen molar-refractivity contribution < 1.29 is 9.53 Å². The summed E-state index contributed by atoms with van der Waals surface area (Å²) in [6, 6.07) is 9.50. The molecule has 1 aliphatic rings. The van der Waals surface area contributed by atoms with E-state index in [9.17, 15) is 4.79 Å². The van der Waals surface area contributed by atoms with Gasteiger partial charge in [0.15, 0.2) is 0 Å². The van der Waals surface area contributed by atoms with Crippen LogP contribution in [0.3, 0.4) is 0 Å². The zero-order chi connectivity index (χ0) is 13.9. The van der Waals surface area contributed by atoms with E-state index in [1.807, 2.05) is 30.3 Å². The van der Waals surface area contributed by atoms with E-state index in [1.165, 1.54) is 0 Å². The predicted octanol–water partition coefficient (Wildman–Crippen LogP) is 1.68. The Labute approximate surface area is 117 Å². The van der Waals surface area contributed by atoms with E-state index < -0.39 is 6.10 Å². The Morgan fingerprint density at radius 1 is 1.40 bits per heavy atom. The fraction of sp³-hybridized carbons (Fsp3) is 0.333. The monoisotopic (exact) mass is 271 g/mol. The number of anilines is 1. The van der Waals surface area contributed by atoms with E-state index in [1.54, 1.807) is 6.20 Å². The van der Waals surface area contributed by atoms with Crippen LogP contribution >= 0.6 is 0 Å². The quantitative estimate of drug-likeness (QED) is 0.890. The van der Waals surface area contributed by atoms with E-state index in [0.717, 1.165) is 29.4 Å². The first-order valence-electron chi connectivity index (χ1n) is 6.77. The minimum atomic E-state index is -0.395. The van der Waals surface area contributed by atoms with Crippen LogP contribution in [-0.2, 0) is 9.53 Å². The second-order valence-electron chi connectivity index (χ2n) is 4.96. The lowest BCUT2D eigenvalue weighted by Gasteiger charge is -2.13. The maximum absolute atomic E-state index is 12.1. The van der Waals surface area contributed by atoms with Crippen LogP contribution in [0.25, 0.3) is 10.9 Å². The Hall–Kier alpha value is -1.98. The van der Waals surface area contributed by atoms with Gasteiger partial charge in [-0.15, -0.1) is 0 Å². The van der Waals surface area contributed by atoms with Gasteiger partial charge in [0, 0.05) is 23.8 Å². The molecule has 1 aliphatic heterocycles. The summed E-state index contributed by atoms with van der Waals surface area (Å²) in [6.45, 7) is 0.464. The lowest BCUT2D eigenvalue weighted by atomic mass is 10.1. The van der Waals surface area contributed by atoms with Gasteiger partial charge in [-0.3, -0.25) is 9.78 Å². The van der Waals surface area contributed by atoms with E-state index >= 15 is 0 Å². The number of amides is 1. The molecule has 1 aromatic heterocycles. The molecule has 0 aliphatic carbocycles. The van der Waals surface area contributed by atoms with Crippen molar-refractivity contribution in [1.29, 1.82) is 0 Å². The van der Waals surface area contributed by atoms with Gasteiger partial charge in [-0.25, -0.2) is 0 Å². The van der Waals surface area contributed by atoms with E-state index in [2.05, 4.69) is 10.3 Å². The Bertz CT molecular complexity index is 629. The number of fused-ring (bicyclic) bond motifs is 1.